The fraction of sp³-hybridized carbons (Fsp3) is 0. The van der Waals surface area contributed by atoms with E-state index in [9.17, 15) is 4.11 Å². The molecule has 0 aliphatic carbocycles. The van der Waals surface area contributed by atoms with Gasteiger partial charge in [0.25, 0.3) is 0 Å². The third-order valence-corrected chi connectivity index (χ3v) is 11.5. The number of hydrogen-bond donors (Lipinski definition) is 0. The minimum Gasteiger partial charge on any atom is -0.456 e. The molecule has 0 N–H and O–H groups in total. The smallest absolute Gasteiger partial charge is 0.164 e. The summed E-state index contributed by atoms with van der Waals surface area (Å²) in [5.41, 5.74) is 3.14. The molecule has 8 aromatic carbocycles. The van der Waals surface area contributed by atoms with Crippen LogP contribution in [0.15, 0.2) is 186 Å². The molecule has 0 atom stereocenters. The first-order valence-corrected chi connectivity index (χ1v) is 18.9. The Kier molecular flexibility index (Phi) is 5.04. The molecule has 0 bridgehead atoms. The van der Waals surface area contributed by atoms with Crippen LogP contribution in [-0.2, 0) is 0 Å². The van der Waals surface area contributed by atoms with E-state index >= 15 is 0 Å². The molecule has 266 valence electrons. The number of thiophene rings is 1. The van der Waals surface area contributed by atoms with Crippen LogP contribution in [0.4, 0.5) is 0 Å². The highest BCUT2D eigenvalue weighted by Gasteiger charge is 2.20. The van der Waals surface area contributed by atoms with Gasteiger partial charge in [-0.05, 0) is 71.7 Å². The fourth-order valence-corrected chi connectivity index (χ4v) is 8.90. The van der Waals surface area contributed by atoms with Crippen molar-refractivity contribution in [2.75, 3.05) is 0 Å². The van der Waals surface area contributed by atoms with Crippen LogP contribution in [0.3, 0.4) is 0 Å². The zero-order valence-corrected chi connectivity index (χ0v) is 30.4. The van der Waals surface area contributed by atoms with Gasteiger partial charge in [-0.1, -0.05) is 121 Å². The molecule has 0 aliphatic heterocycles. The number of benzene rings is 8. The maximum Gasteiger partial charge on any atom is 0.164 e. The van der Waals surface area contributed by atoms with Gasteiger partial charge >= 0.3 is 0 Å². The van der Waals surface area contributed by atoms with Gasteiger partial charge in [-0.3, -0.25) is 0 Å². The Morgan fingerprint density at radius 3 is 2.16 bits per heavy atom. The van der Waals surface area contributed by atoms with E-state index in [4.69, 9.17) is 30.3 Å². The van der Waals surface area contributed by atoms with Crippen LogP contribution < -0.4 is 0 Å². The number of hydrogen-bond acceptors (Lipinski definition) is 5. The van der Waals surface area contributed by atoms with Crippen LogP contribution in [0.2, 0.25) is 0 Å². The third kappa shape index (κ3) is 5.04. The molecular weight excluding hydrogens is 717 g/mol. The first-order valence-electron chi connectivity index (χ1n) is 23.6. The van der Waals surface area contributed by atoms with E-state index in [0.29, 0.717) is 39.6 Å². The second-order valence-corrected chi connectivity index (χ2v) is 14.6. The second kappa shape index (κ2) is 12.6. The van der Waals surface area contributed by atoms with Gasteiger partial charge in [0.15, 0.2) is 17.5 Å². The summed E-state index contributed by atoms with van der Waals surface area (Å²) in [6.07, 6.45) is 0. The van der Waals surface area contributed by atoms with Crippen molar-refractivity contribution in [3.63, 3.8) is 0 Å². The van der Waals surface area contributed by atoms with Crippen LogP contribution in [-0.4, -0.2) is 19.5 Å². The Bertz CT molecular complexity index is 4200. The molecule has 5 nitrogen and oxygen atoms in total. The summed E-state index contributed by atoms with van der Waals surface area (Å²) in [5, 5.41) is 3.74. The molecule has 4 heterocycles. The van der Waals surface area contributed by atoms with E-state index in [1.165, 1.54) is 4.57 Å². The average Bonchev–Trinajstić information content (AvgIpc) is 4.05. The molecule has 4 aromatic heterocycles. The van der Waals surface area contributed by atoms with Crippen LogP contribution >= 0.6 is 11.3 Å². The van der Waals surface area contributed by atoms with Gasteiger partial charge in [0, 0.05) is 64.1 Å². The first-order chi connectivity index (χ1) is 32.8. The highest BCUT2D eigenvalue weighted by Crippen LogP contribution is 2.41. The minimum absolute atomic E-state index is 0.0325. The first kappa shape index (κ1) is 22.8. The molecule has 57 heavy (non-hydrogen) atoms. The third-order valence-electron chi connectivity index (χ3n) is 10.3. The van der Waals surface area contributed by atoms with Gasteiger partial charge in [-0.2, -0.15) is 0 Å². The molecule has 0 radical (unpaired) electrons. The predicted octanol–water partition coefficient (Wildman–Crippen LogP) is 13.9. The maximum absolute atomic E-state index is 9.37. The number of fused-ring (bicyclic) bond motifs is 9. The highest BCUT2D eigenvalue weighted by molar-refractivity contribution is 7.25. The molecule has 12 aromatic rings. The highest BCUT2D eigenvalue weighted by atomic mass is 32.1. The molecular formula is C51H30N4OS. The van der Waals surface area contributed by atoms with Crippen LogP contribution in [0.25, 0.3) is 115 Å². The zero-order valence-electron chi connectivity index (χ0n) is 40.6. The SMILES string of the molecule is [2H]c1cc(-c2c([2H])c([2H])c([2H])c3c2c2c([2H])c([2H])c([2H])c([2H])c2n3-c2cccc(-c3nc(-c4ccc5sc6ccccc6c5c4)nc(-c4cccc5oc6ccccc6c45)n3)c2)c([2H])c([2H])c1[2H]. The van der Waals surface area contributed by atoms with Gasteiger partial charge in [-0.15, -0.1) is 11.3 Å². The average molecular weight is 758 g/mol. The van der Waals surface area contributed by atoms with Crippen molar-refractivity contribution in [3.8, 4) is 51.0 Å². The predicted molar refractivity (Wildman–Crippen MR) is 236 cm³/mol. The van der Waals surface area contributed by atoms with Gasteiger partial charge in [0.05, 0.1) is 26.1 Å². The molecule has 12 rings (SSSR count). The van der Waals surface area contributed by atoms with Crippen molar-refractivity contribution in [1.29, 1.82) is 0 Å². The fourth-order valence-electron chi connectivity index (χ4n) is 7.81. The molecule has 0 saturated heterocycles. The Morgan fingerprint density at radius 1 is 0.456 bits per heavy atom. The Balaban J connectivity index is 1.15. The monoisotopic (exact) mass is 757 g/mol. The summed E-state index contributed by atoms with van der Waals surface area (Å²) in [7, 11) is 0. The van der Waals surface area contributed by atoms with Gasteiger partial charge < -0.3 is 8.98 Å². The molecule has 0 aliphatic rings. The van der Waals surface area contributed by atoms with Crippen LogP contribution in [0, 0.1) is 0 Å². The van der Waals surface area contributed by atoms with Gasteiger partial charge in [0.2, 0.25) is 0 Å². The maximum atomic E-state index is 9.37. The van der Waals surface area contributed by atoms with E-state index in [0.717, 1.165) is 42.6 Å². The summed E-state index contributed by atoms with van der Waals surface area (Å²) >= 11 is 1.70. The van der Waals surface area contributed by atoms with Gasteiger partial charge in [0.1, 0.15) is 11.2 Å². The Hall–Kier alpha value is -7.41. The summed E-state index contributed by atoms with van der Waals surface area (Å²) in [6.45, 7) is 0. The Labute approximate surface area is 346 Å². The van der Waals surface area contributed by atoms with Crippen molar-refractivity contribution in [1.82, 2.24) is 19.5 Å². The van der Waals surface area contributed by atoms with E-state index in [1.807, 2.05) is 60.7 Å². The summed E-state index contributed by atoms with van der Waals surface area (Å²) in [4.78, 5) is 15.3. The number of furan rings is 1. The minimum atomic E-state index is -0.586. The van der Waals surface area contributed by atoms with E-state index in [-0.39, 0.29) is 38.8 Å². The molecule has 0 fully saturated rings. The van der Waals surface area contributed by atoms with Crippen molar-refractivity contribution in [2.45, 2.75) is 0 Å². The molecule has 0 unspecified atom stereocenters. The van der Waals surface area contributed by atoms with Gasteiger partial charge in [-0.25, -0.2) is 15.0 Å². The number of aromatic nitrogens is 4. The van der Waals surface area contributed by atoms with Crippen LogP contribution in [0.5, 0.6) is 0 Å². The summed E-state index contributed by atoms with van der Waals surface area (Å²) in [6, 6.07) is 30.2. The van der Waals surface area contributed by atoms with Crippen molar-refractivity contribution in [3.05, 3.63) is 182 Å². The normalized spacial score (nSPS) is 14.6. The van der Waals surface area contributed by atoms with Crippen LogP contribution in [0.1, 0.15) is 15.1 Å². The van der Waals surface area contributed by atoms with E-state index in [2.05, 4.69) is 24.3 Å². The van der Waals surface area contributed by atoms with E-state index in [1.54, 1.807) is 35.6 Å². The summed E-state index contributed by atoms with van der Waals surface area (Å²) < 4.78 is 108. The second-order valence-electron chi connectivity index (χ2n) is 13.6. The summed E-state index contributed by atoms with van der Waals surface area (Å²) in [5.74, 6) is 1.01. The lowest BCUT2D eigenvalue weighted by Crippen LogP contribution is -2.01. The number of nitrogens with zero attached hydrogens (tertiary/aromatic N) is 4. The topological polar surface area (TPSA) is 56.7 Å². The lowest BCUT2D eigenvalue weighted by atomic mass is 9.99. The Morgan fingerprint density at radius 2 is 1.21 bits per heavy atom. The molecule has 0 amide bonds. The molecule has 6 heteroatoms. The van der Waals surface area contributed by atoms with E-state index < -0.39 is 66.5 Å². The quantitative estimate of drug-likeness (QED) is 0.175. The standard InChI is InChI=1S/C51H30N4OS/c1-2-13-31(14-3-1)35-20-11-23-42-47(35)37-18-4-7-22-41(37)55(42)34-16-10-15-32(29-34)49-52-50(33-27-28-46-40(30-33)36-17-6-9-26-45(36)57-46)54-51(53-49)39-21-12-25-44-48(39)38-19-5-8-24-43(38)56-44/h1-30H/i1D,2D,3D,4D,7D,11D,13D,18D,20D,22D,23D. The number of rotatable bonds is 5. The molecule has 0 saturated carbocycles. The van der Waals surface area contributed by atoms with Crippen molar-refractivity contribution in [2.24, 2.45) is 0 Å². The molecule has 0 spiro atoms. The number of para-hydroxylation sites is 2. The largest absolute Gasteiger partial charge is 0.456 e. The lowest BCUT2D eigenvalue weighted by molar-refractivity contribution is 0.669. The van der Waals surface area contributed by atoms with Crippen molar-refractivity contribution >= 4 is 75.3 Å². The van der Waals surface area contributed by atoms with Crippen molar-refractivity contribution < 1.29 is 19.5 Å². The zero-order chi connectivity index (χ0) is 47.0. The lowest BCUT2D eigenvalue weighted by Gasteiger charge is -2.12.